The lowest BCUT2D eigenvalue weighted by atomic mass is 10.2. The van der Waals surface area contributed by atoms with Crippen molar-refractivity contribution in [1.29, 1.82) is 0 Å². The highest BCUT2D eigenvalue weighted by molar-refractivity contribution is 6.92. The van der Waals surface area contributed by atoms with Crippen LogP contribution in [0.25, 0.3) is 0 Å². The second-order valence-electron chi connectivity index (χ2n) is 1.81. The number of nitrogens with one attached hydrogen (secondary N) is 1. The van der Waals surface area contributed by atoms with Crippen LogP contribution in [-0.4, -0.2) is 18.6 Å². The molecular formula is C5H16NOP. The Morgan fingerprint density at radius 1 is 0.875 bits per heavy atom. The molecule has 0 radical (unpaired) electrons. The summed E-state index contributed by atoms with van der Waals surface area (Å²) in [7, 11) is 0. The number of piperidine rings is 1. The quantitative estimate of drug-likeness (QED) is 0.469. The van der Waals surface area contributed by atoms with Gasteiger partial charge in [0.2, 0.25) is 0 Å². The molecule has 1 heterocycles. The molecule has 8 heavy (non-hydrogen) atoms. The van der Waals surface area contributed by atoms with E-state index in [0.29, 0.717) is 0 Å². The number of hydrogen-bond donors (Lipinski definition) is 1. The molecule has 1 aliphatic heterocycles. The van der Waals surface area contributed by atoms with Crippen molar-refractivity contribution in [2.45, 2.75) is 19.3 Å². The summed E-state index contributed by atoms with van der Waals surface area (Å²) in [6.07, 6.45) is 4.22. The Morgan fingerprint density at radius 3 is 1.50 bits per heavy atom. The van der Waals surface area contributed by atoms with Crippen molar-refractivity contribution < 1.29 is 5.48 Å². The molecule has 1 fully saturated rings. The molecule has 0 aromatic carbocycles. The third-order valence-corrected chi connectivity index (χ3v) is 1.21. The maximum Gasteiger partial charge on any atom is -0.00489 e. The van der Waals surface area contributed by atoms with Crippen molar-refractivity contribution in [2.75, 3.05) is 13.1 Å². The molecule has 0 aliphatic carbocycles. The maximum absolute atomic E-state index is 3.28. The minimum atomic E-state index is 0. The van der Waals surface area contributed by atoms with Crippen LogP contribution in [0.2, 0.25) is 0 Å². The summed E-state index contributed by atoms with van der Waals surface area (Å²) in [5, 5.41) is 3.28. The monoisotopic (exact) mass is 137 g/mol. The fourth-order valence-electron chi connectivity index (χ4n) is 0.802. The summed E-state index contributed by atoms with van der Waals surface area (Å²) in [4.78, 5) is 0. The van der Waals surface area contributed by atoms with Gasteiger partial charge < -0.3 is 10.8 Å². The summed E-state index contributed by atoms with van der Waals surface area (Å²) in [5.41, 5.74) is 0. The molecule has 0 saturated carbocycles. The molecule has 0 aromatic rings. The zero-order valence-corrected chi connectivity index (χ0v) is 6.66. The summed E-state index contributed by atoms with van der Waals surface area (Å²) in [5.74, 6) is 0. The summed E-state index contributed by atoms with van der Waals surface area (Å²) in [6, 6.07) is 0. The van der Waals surface area contributed by atoms with Gasteiger partial charge in [-0.3, -0.25) is 0 Å². The van der Waals surface area contributed by atoms with E-state index in [-0.39, 0.29) is 15.4 Å². The molecule has 1 saturated heterocycles. The Labute approximate surface area is 54.0 Å². The summed E-state index contributed by atoms with van der Waals surface area (Å²) >= 11 is 0. The third kappa shape index (κ3) is 4.51. The zero-order chi connectivity index (χ0) is 4.24. The molecule has 2 nitrogen and oxygen atoms in total. The SMILES string of the molecule is C1CCNCC1.O.P. The third-order valence-electron chi connectivity index (χ3n) is 1.21. The molecule has 3 N–H and O–H groups in total. The van der Waals surface area contributed by atoms with Gasteiger partial charge in [-0.25, -0.2) is 0 Å². The average Bonchev–Trinajstić information content (AvgIpc) is 1.72. The number of rotatable bonds is 0. The van der Waals surface area contributed by atoms with Crippen LogP contribution in [0.1, 0.15) is 19.3 Å². The van der Waals surface area contributed by atoms with E-state index in [1.54, 1.807) is 0 Å². The first kappa shape index (κ1) is 11.2. The first-order chi connectivity index (χ1) is 3.00. The van der Waals surface area contributed by atoms with Crippen molar-refractivity contribution >= 4 is 9.90 Å². The van der Waals surface area contributed by atoms with Crippen LogP contribution in [0.15, 0.2) is 0 Å². The Bertz CT molecular complexity index is 27.9. The van der Waals surface area contributed by atoms with Gasteiger partial charge in [-0.1, -0.05) is 6.42 Å². The molecule has 1 aliphatic rings. The van der Waals surface area contributed by atoms with Crippen LogP contribution >= 0.6 is 9.90 Å². The molecule has 0 aromatic heterocycles. The van der Waals surface area contributed by atoms with Crippen molar-refractivity contribution in [3.8, 4) is 0 Å². The van der Waals surface area contributed by atoms with Crippen molar-refractivity contribution in [2.24, 2.45) is 0 Å². The second kappa shape index (κ2) is 7.35. The molecule has 1 atom stereocenters. The molecule has 0 spiro atoms. The number of hydrogen-bond acceptors (Lipinski definition) is 1. The summed E-state index contributed by atoms with van der Waals surface area (Å²) < 4.78 is 0. The lowest BCUT2D eigenvalue weighted by Crippen LogP contribution is -2.21. The van der Waals surface area contributed by atoms with E-state index in [0.717, 1.165) is 0 Å². The van der Waals surface area contributed by atoms with Crippen LogP contribution in [-0.2, 0) is 0 Å². The predicted octanol–water partition coefficient (Wildman–Crippen LogP) is -0.00670. The largest absolute Gasteiger partial charge is 0.412 e. The van der Waals surface area contributed by atoms with Crippen LogP contribution in [0.3, 0.4) is 0 Å². The van der Waals surface area contributed by atoms with Crippen LogP contribution in [0, 0.1) is 0 Å². The first-order valence-electron chi connectivity index (χ1n) is 2.71. The molecule has 0 bridgehead atoms. The van der Waals surface area contributed by atoms with E-state index in [1.165, 1.54) is 32.4 Å². The van der Waals surface area contributed by atoms with Gasteiger partial charge in [0.25, 0.3) is 0 Å². The topological polar surface area (TPSA) is 43.5 Å². The van der Waals surface area contributed by atoms with Gasteiger partial charge in [-0.05, 0) is 25.9 Å². The maximum atomic E-state index is 3.28. The van der Waals surface area contributed by atoms with E-state index in [4.69, 9.17) is 0 Å². The highest BCUT2D eigenvalue weighted by atomic mass is 31.0. The van der Waals surface area contributed by atoms with E-state index >= 15 is 0 Å². The minimum absolute atomic E-state index is 0. The van der Waals surface area contributed by atoms with Crippen LogP contribution in [0.4, 0.5) is 0 Å². The molecule has 0 amide bonds. The van der Waals surface area contributed by atoms with Gasteiger partial charge in [0.15, 0.2) is 0 Å². The van der Waals surface area contributed by atoms with Gasteiger partial charge in [0.05, 0.1) is 0 Å². The van der Waals surface area contributed by atoms with Crippen molar-refractivity contribution in [3.05, 3.63) is 0 Å². The van der Waals surface area contributed by atoms with Crippen LogP contribution < -0.4 is 5.32 Å². The molecular weight excluding hydrogens is 121 g/mol. The highest BCUT2D eigenvalue weighted by Gasteiger charge is 1.93. The standard InChI is InChI=1S/C5H11N.H2O.H3P/c1-2-4-6-5-3-1;;/h6H,1-5H2;1H2;1H3. The van der Waals surface area contributed by atoms with Gasteiger partial charge in [-0.2, -0.15) is 9.90 Å². The van der Waals surface area contributed by atoms with Gasteiger partial charge in [0, 0.05) is 0 Å². The molecule has 52 valence electrons. The van der Waals surface area contributed by atoms with E-state index in [1.807, 2.05) is 0 Å². The lowest BCUT2D eigenvalue weighted by molar-refractivity contribution is 0.520. The molecule has 3 heteroatoms. The van der Waals surface area contributed by atoms with E-state index in [9.17, 15) is 0 Å². The van der Waals surface area contributed by atoms with Crippen molar-refractivity contribution in [3.63, 3.8) is 0 Å². The van der Waals surface area contributed by atoms with Crippen LogP contribution in [0.5, 0.6) is 0 Å². The van der Waals surface area contributed by atoms with Crippen molar-refractivity contribution in [1.82, 2.24) is 5.32 Å². The minimum Gasteiger partial charge on any atom is -0.412 e. The van der Waals surface area contributed by atoms with E-state index in [2.05, 4.69) is 5.32 Å². The van der Waals surface area contributed by atoms with Gasteiger partial charge in [-0.15, -0.1) is 0 Å². The van der Waals surface area contributed by atoms with E-state index < -0.39 is 0 Å². The Morgan fingerprint density at radius 2 is 1.38 bits per heavy atom. The fraction of sp³-hybridized carbons (Fsp3) is 1.00. The zero-order valence-electron chi connectivity index (χ0n) is 5.24. The van der Waals surface area contributed by atoms with Gasteiger partial charge in [0.1, 0.15) is 0 Å². The Hall–Kier alpha value is 0.350. The smallest absolute Gasteiger partial charge is 0.00489 e. The van der Waals surface area contributed by atoms with Gasteiger partial charge >= 0.3 is 0 Å². The molecule has 1 unspecified atom stereocenters. The Balaban J connectivity index is 0. The highest BCUT2D eigenvalue weighted by Crippen LogP contribution is 1.96. The Kier molecular flexibility index (Phi) is 10.3. The average molecular weight is 137 g/mol. The fourth-order valence-corrected chi connectivity index (χ4v) is 0.802. The summed E-state index contributed by atoms with van der Waals surface area (Å²) in [6.45, 7) is 2.50. The normalized spacial score (nSPS) is 18.0. The second-order valence-corrected chi connectivity index (χ2v) is 1.81. The predicted molar refractivity (Wildman–Crippen MR) is 41.4 cm³/mol. The molecule has 1 rings (SSSR count). The lowest BCUT2D eigenvalue weighted by Gasteiger charge is -2.08. The first-order valence-corrected chi connectivity index (χ1v) is 2.71.